The zero-order valence-corrected chi connectivity index (χ0v) is 45.5. The van der Waals surface area contributed by atoms with Crippen molar-refractivity contribution in [2.24, 2.45) is 0 Å². The van der Waals surface area contributed by atoms with Crippen molar-refractivity contribution >= 4 is 0 Å². The number of aliphatic hydroxyl groups excluding tert-OH is 22. The van der Waals surface area contributed by atoms with Crippen molar-refractivity contribution in [3.8, 4) is 0 Å². The molecule has 40 atom stereocenters. The van der Waals surface area contributed by atoms with Crippen molar-refractivity contribution in [3.63, 3.8) is 0 Å². The second-order valence-corrected chi connectivity index (χ2v) is 22.5. The van der Waals surface area contributed by atoms with E-state index < -0.39 is 299 Å². The van der Waals surface area contributed by atoms with Crippen LogP contribution in [0.5, 0.6) is 0 Å². The van der Waals surface area contributed by atoms with Crippen LogP contribution in [0.25, 0.3) is 0 Å². The molecule has 31 heterocycles. The lowest BCUT2D eigenvalue weighted by Crippen LogP contribution is -2.68. The molecule has 31 aliphatic heterocycles. The summed E-state index contributed by atoms with van der Waals surface area (Å²) >= 11 is 0. The highest BCUT2D eigenvalue weighted by Crippen LogP contribution is 2.44. The van der Waals surface area contributed by atoms with E-state index >= 15 is 0 Å². The molecule has 0 aromatic rings. The Morgan fingerprint density at radius 3 is 0.471 bits per heavy atom. The van der Waals surface area contributed by atoms with Gasteiger partial charge in [-0.2, -0.15) is 0 Å². The predicted octanol–water partition coefficient (Wildman–Crippen LogP) is -16.4. The molecule has 0 aliphatic carbocycles. The molecule has 504 valence electrons. The van der Waals surface area contributed by atoms with Crippen molar-refractivity contribution in [2.45, 2.75) is 246 Å². The van der Waals surface area contributed by atoms with Gasteiger partial charge in [-0.3, -0.25) is 0 Å². The van der Waals surface area contributed by atoms with Crippen LogP contribution in [0.2, 0.25) is 0 Å². The Morgan fingerprint density at radius 2 is 0.287 bits per heavy atom. The zero-order valence-electron chi connectivity index (χ0n) is 45.5. The Morgan fingerprint density at radius 1 is 0.138 bits per heavy atom. The summed E-state index contributed by atoms with van der Waals surface area (Å²) in [6.07, 6.45) is -75.8. The van der Waals surface area contributed by atoms with E-state index in [2.05, 4.69) is 0 Å². The smallest absolute Gasteiger partial charge is 0.187 e. The molecule has 16 bridgehead atoms. The Bertz CT molecular complexity index is 2150. The summed E-state index contributed by atoms with van der Waals surface area (Å²) in [5.74, 6) is 0. The average Bonchev–Trinajstić information content (AvgIpc) is 1.93. The molecule has 0 unspecified atom stereocenters. The summed E-state index contributed by atoms with van der Waals surface area (Å²) in [5.41, 5.74) is 0. The fraction of sp³-hybridized carbons (Fsp3) is 1.00. The van der Waals surface area contributed by atoms with E-state index in [1.165, 1.54) is 0 Å². The third-order valence-electron chi connectivity index (χ3n) is 17.1. The Balaban J connectivity index is 0.898. The summed E-state index contributed by atoms with van der Waals surface area (Å²) in [6, 6.07) is 0. The van der Waals surface area contributed by atoms with Gasteiger partial charge in [0.25, 0.3) is 0 Å². The van der Waals surface area contributed by atoms with Crippen LogP contribution in [0.1, 0.15) is 0 Å². The van der Waals surface area contributed by atoms with Crippen molar-refractivity contribution in [1.82, 2.24) is 0 Å². The fourth-order valence-electron chi connectivity index (χ4n) is 12.2. The van der Waals surface area contributed by atoms with Gasteiger partial charge < -0.3 is 193 Å². The highest BCUT2D eigenvalue weighted by molar-refractivity contribution is 5.06. The maximum atomic E-state index is 11.4. The minimum atomic E-state index is -2.23. The maximum Gasteiger partial charge on any atom is 0.187 e. The van der Waals surface area contributed by atoms with Gasteiger partial charge in [-0.25, -0.2) is 0 Å². The van der Waals surface area contributed by atoms with Gasteiger partial charge in [0.05, 0.1) is 52.9 Å². The molecule has 0 amide bonds. The molecule has 31 fully saturated rings. The standard InChI is InChI=1S/C48H78O39/c49-1-9-31-17(57)24(64)41(71-9)81-32-10(2-50)73-43(26(66)18(32)58)83-34-12(4-52)75-45(28(68)20(34)60)85-36-14(6-54)77-47(30(70)22(36)62)87-38-16(8-56)78-48(40-39(38)79-40)86-37-15(7-55)76-46(29(69)23(37)63)84-35-13(5-53)74-44(27(67)21(35)61)82-33-11(3-51)72-42(80-31)25(65)19(33)59/h9-70H,1-8H2/t9-,10+,11+,12+,13+,14+,15+,16+,17+,18+,19+,20+,21+,22+,23+,24+,25+,26+,27+,28+,29+,30+,31+,32+,33+,34+,35+,36+,37+,38+,39-,40-,41+,42+,43+,44+,45+,46+,47+,48+/m0/s1. The van der Waals surface area contributed by atoms with Gasteiger partial charge in [0, 0.05) is 0 Å². The van der Waals surface area contributed by atoms with E-state index in [4.69, 9.17) is 80.5 Å². The van der Waals surface area contributed by atoms with Crippen LogP contribution < -0.4 is 0 Å². The van der Waals surface area contributed by atoms with Crippen LogP contribution in [0, 0.1) is 0 Å². The highest BCUT2D eigenvalue weighted by Gasteiger charge is 2.64. The summed E-state index contributed by atoms with van der Waals surface area (Å²) in [6.45, 7) is -8.06. The summed E-state index contributed by atoms with van der Waals surface area (Å²) < 4.78 is 98.1. The molecule has 31 saturated heterocycles. The Kier molecular flexibility index (Phi) is 22.4. The molecule has 0 aromatic carbocycles. The van der Waals surface area contributed by atoms with Gasteiger partial charge >= 0.3 is 0 Å². The fourth-order valence-corrected chi connectivity index (χ4v) is 12.2. The average molecular weight is 1280 g/mol. The Labute approximate surface area is 490 Å². The number of aliphatic hydroxyl groups is 22. The highest BCUT2D eigenvalue weighted by atomic mass is 16.8. The van der Waals surface area contributed by atoms with Crippen molar-refractivity contribution in [3.05, 3.63) is 0 Å². The minimum Gasteiger partial charge on any atom is -0.394 e. The van der Waals surface area contributed by atoms with Gasteiger partial charge in [-0.15, -0.1) is 0 Å². The molecule has 22 N–H and O–H groups in total. The topological polar surface area (TPSA) is 605 Å². The van der Waals surface area contributed by atoms with Gasteiger partial charge in [-0.05, 0) is 0 Å². The first kappa shape index (κ1) is 68.3. The molecule has 0 aromatic heterocycles. The minimum absolute atomic E-state index is 0.855. The number of hydrogen-bond acceptors (Lipinski definition) is 39. The second kappa shape index (κ2) is 28.6. The summed E-state index contributed by atoms with van der Waals surface area (Å²) in [5, 5.41) is 243. The van der Waals surface area contributed by atoms with E-state index in [0.717, 1.165) is 0 Å². The van der Waals surface area contributed by atoms with Crippen molar-refractivity contribution in [1.29, 1.82) is 0 Å². The zero-order chi connectivity index (χ0) is 62.8. The number of epoxide rings is 1. The lowest BCUT2D eigenvalue weighted by molar-refractivity contribution is -0.400. The molecule has 31 aliphatic rings. The van der Waals surface area contributed by atoms with E-state index in [9.17, 15) is 112 Å². The summed E-state index contributed by atoms with van der Waals surface area (Å²) in [4.78, 5) is 0. The van der Waals surface area contributed by atoms with Gasteiger partial charge in [0.1, 0.15) is 195 Å². The monoisotopic (exact) mass is 1280 g/mol. The van der Waals surface area contributed by atoms with Crippen LogP contribution in [-0.4, -0.2) is 411 Å². The van der Waals surface area contributed by atoms with Gasteiger partial charge in [0.2, 0.25) is 0 Å². The van der Waals surface area contributed by atoms with Crippen LogP contribution >= 0.6 is 0 Å². The van der Waals surface area contributed by atoms with Crippen molar-refractivity contribution < 1.29 is 193 Å². The van der Waals surface area contributed by atoms with Crippen LogP contribution in [-0.2, 0) is 80.5 Å². The SMILES string of the molecule is OC[C@@H]1O[C@@H]2O[C@H]3[C@H](O)[C@@H](O)[C@@H](O[C@H]4[C@H](O)[C@@H](O)[C@@H](O[C@H]5[C@H](O)[C@@H](O)[C@@H](O[C@H]6[C@@H]7O[C@@H]7[C@@H](O[C@H]7[C@H](O)[C@@H](O)[C@@H](O[C@H]8[C@H](O)[C@@H](O)[C@@H](O[C@H]9[C@H](O)[C@@H](O)[C@@H](O[C@H]1[C@H](O)[C@H]2O)O[C@@H]9CO)O[C@@H]8CO)O[C@@H]7CO)O[C@@H]6CO)O[C@@H]5CO)O[C@@H]4CO)O[C@@H]3CO. The molecule has 0 spiro atoms. The quantitative estimate of drug-likeness (QED) is 0.100. The normalized spacial score (nSPS) is 56.2. The number of rotatable bonds is 8. The molecular weight excluding hydrogens is 1200 g/mol. The van der Waals surface area contributed by atoms with E-state index in [1.54, 1.807) is 0 Å². The molecule has 39 nitrogen and oxygen atoms in total. The maximum absolute atomic E-state index is 11.4. The molecule has 0 radical (unpaired) electrons. The lowest BCUT2D eigenvalue weighted by Gasteiger charge is -2.50. The lowest BCUT2D eigenvalue weighted by atomic mass is 9.95. The van der Waals surface area contributed by atoms with E-state index in [0.29, 0.717) is 0 Å². The molecule has 0 saturated carbocycles. The molecule has 87 heavy (non-hydrogen) atoms. The molecular formula is C48H78O39. The summed E-state index contributed by atoms with van der Waals surface area (Å²) in [7, 11) is 0. The van der Waals surface area contributed by atoms with Crippen LogP contribution in [0.4, 0.5) is 0 Å². The van der Waals surface area contributed by atoms with Gasteiger partial charge in [-0.1, -0.05) is 0 Å². The third-order valence-corrected chi connectivity index (χ3v) is 17.1. The van der Waals surface area contributed by atoms with Crippen LogP contribution in [0.15, 0.2) is 0 Å². The van der Waals surface area contributed by atoms with Gasteiger partial charge in [0.15, 0.2) is 50.3 Å². The number of hydrogen-bond donors (Lipinski definition) is 22. The van der Waals surface area contributed by atoms with Crippen molar-refractivity contribution in [2.75, 3.05) is 52.9 Å². The first-order valence-corrected chi connectivity index (χ1v) is 28.1. The largest absolute Gasteiger partial charge is 0.394 e. The second-order valence-electron chi connectivity index (χ2n) is 22.5. The first-order chi connectivity index (χ1) is 41.6. The van der Waals surface area contributed by atoms with E-state index in [-0.39, 0.29) is 0 Å². The molecule has 31 rings (SSSR count). The first-order valence-electron chi connectivity index (χ1n) is 28.1. The third kappa shape index (κ3) is 13.2. The van der Waals surface area contributed by atoms with E-state index in [1.807, 2.05) is 0 Å². The predicted molar refractivity (Wildman–Crippen MR) is 258 cm³/mol. The molecule has 39 heteroatoms. The number of ether oxygens (including phenoxy) is 17. The Hall–Kier alpha value is -1.56. The van der Waals surface area contributed by atoms with Crippen LogP contribution in [0.3, 0.4) is 0 Å².